The molecule has 1 aromatic rings. The van der Waals surface area contributed by atoms with Gasteiger partial charge in [-0.1, -0.05) is 37.3 Å². The van der Waals surface area contributed by atoms with Gasteiger partial charge in [0.25, 0.3) is 0 Å². The summed E-state index contributed by atoms with van der Waals surface area (Å²) in [7, 11) is 0. The molecule has 0 aliphatic heterocycles. The number of likely N-dealkylation sites (N-methyl/N-ethyl adjacent to an activating group) is 1. The third-order valence-corrected chi connectivity index (χ3v) is 3.13. The first-order valence-corrected chi connectivity index (χ1v) is 7.02. The van der Waals surface area contributed by atoms with Crippen LogP contribution < -0.4 is 5.32 Å². The van der Waals surface area contributed by atoms with E-state index in [9.17, 15) is 0 Å². The summed E-state index contributed by atoms with van der Waals surface area (Å²) in [5, 5.41) is 3.55. The molecule has 84 valence electrons. The van der Waals surface area contributed by atoms with Crippen molar-refractivity contribution in [1.29, 1.82) is 0 Å². The Labute approximate surface area is 97.7 Å². The van der Waals surface area contributed by atoms with E-state index >= 15 is 0 Å². The maximum Gasteiger partial charge on any atom is 0.0115 e. The molecule has 0 radical (unpaired) electrons. The molecule has 1 aromatic carbocycles. The van der Waals surface area contributed by atoms with Crippen LogP contribution in [-0.4, -0.2) is 24.6 Å². The minimum absolute atomic E-state index is 0.629. The molecule has 2 heteroatoms. The van der Waals surface area contributed by atoms with Crippen molar-refractivity contribution >= 4 is 11.8 Å². The van der Waals surface area contributed by atoms with Gasteiger partial charge in [0.05, 0.1) is 0 Å². The summed E-state index contributed by atoms with van der Waals surface area (Å²) in [4.78, 5) is 0. The SMILES string of the molecule is CCNC(CCSC)Cc1ccccc1. The molecule has 0 amide bonds. The Kier molecular flexibility index (Phi) is 6.53. The number of thioether (sulfide) groups is 1. The molecule has 1 nitrogen and oxygen atoms in total. The van der Waals surface area contributed by atoms with Gasteiger partial charge in [-0.15, -0.1) is 0 Å². The Balaban J connectivity index is 2.43. The van der Waals surface area contributed by atoms with Crippen molar-refractivity contribution in [2.45, 2.75) is 25.8 Å². The Hall–Kier alpha value is -0.470. The molecule has 0 aliphatic carbocycles. The number of benzene rings is 1. The van der Waals surface area contributed by atoms with E-state index < -0.39 is 0 Å². The lowest BCUT2D eigenvalue weighted by Crippen LogP contribution is -2.31. The predicted octanol–water partition coefficient (Wildman–Crippen LogP) is 2.96. The van der Waals surface area contributed by atoms with Gasteiger partial charge in [0.2, 0.25) is 0 Å². The Bertz CT molecular complexity index is 248. The van der Waals surface area contributed by atoms with Gasteiger partial charge >= 0.3 is 0 Å². The third kappa shape index (κ3) is 5.24. The first-order valence-electron chi connectivity index (χ1n) is 5.63. The lowest BCUT2D eigenvalue weighted by atomic mass is 10.0. The van der Waals surface area contributed by atoms with Gasteiger partial charge in [-0.25, -0.2) is 0 Å². The number of hydrogen-bond donors (Lipinski definition) is 1. The molecule has 0 fully saturated rings. The average molecular weight is 223 g/mol. The van der Waals surface area contributed by atoms with Crippen LogP contribution in [0.1, 0.15) is 18.9 Å². The van der Waals surface area contributed by atoms with E-state index in [1.165, 1.54) is 17.7 Å². The topological polar surface area (TPSA) is 12.0 Å². The van der Waals surface area contributed by atoms with E-state index in [4.69, 9.17) is 0 Å². The monoisotopic (exact) mass is 223 g/mol. The summed E-state index contributed by atoms with van der Waals surface area (Å²) in [5.41, 5.74) is 1.43. The lowest BCUT2D eigenvalue weighted by molar-refractivity contribution is 0.513. The minimum atomic E-state index is 0.629. The van der Waals surface area contributed by atoms with Crippen LogP contribution in [0.4, 0.5) is 0 Å². The molecular formula is C13H21NS. The summed E-state index contributed by atoms with van der Waals surface area (Å²) < 4.78 is 0. The van der Waals surface area contributed by atoms with Gasteiger partial charge in [0, 0.05) is 6.04 Å². The standard InChI is InChI=1S/C13H21NS/c1-3-14-13(9-10-15-2)11-12-7-5-4-6-8-12/h4-8,13-14H,3,9-11H2,1-2H3. The lowest BCUT2D eigenvalue weighted by Gasteiger charge is -2.17. The van der Waals surface area contributed by atoms with Crippen LogP contribution in [0, 0.1) is 0 Å². The van der Waals surface area contributed by atoms with Crippen LogP contribution in [0.15, 0.2) is 30.3 Å². The van der Waals surface area contributed by atoms with Crippen molar-refractivity contribution in [1.82, 2.24) is 5.32 Å². The Morgan fingerprint density at radius 2 is 2.00 bits per heavy atom. The zero-order chi connectivity index (χ0) is 10.9. The van der Waals surface area contributed by atoms with Crippen molar-refractivity contribution in [3.05, 3.63) is 35.9 Å². The van der Waals surface area contributed by atoms with Gasteiger partial charge < -0.3 is 5.32 Å². The van der Waals surface area contributed by atoms with Crippen LogP contribution >= 0.6 is 11.8 Å². The maximum absolute atomic E-state index is 3.55. The molecule has 1 N–H and O–H groups in total. The second kappa shape index (κ2) is 7.77. The fourth-order valence-electron chi connectivity index (χ4n) is 1.72. The van der Waals surface area contributed by atoms with E-state index in [0.717, 1.165) is 13.0 Å². The van der Waals surface area contributed by atoms with Gasteiger partial charge in [-0.05, 0) is 37.0 Å². The van der Waals surface area contributed by atoms with E-state index in [2.05, 4.69) is 48.8 Å². The van der Waals surface area contributed by atoms with Crippen molar-refractivity contribution < 1.29 is 0 Å². The molecule has 0 heterocycles. The fourth-order valence-corrected chi connectivity index (χ4v) is 2.24. The number of rotatable bonds is 7. The third-order valence-electron chi connectivity index (χ3n) is 2.49. The fraction of sp³-hybridized carbons (Fsp3) is 0.538. The zero-order valence-electron chi connectivity index (χ0n) is 9.70. The second-order valence-corrected chi connectivity index (χ2v) is 4.71. The zero-order valence-corrected chi connectivity index (χ0v) is 10.5. The van der Waals surface area contributed by atoms with Crippen molar-refractivity contribution in [2.75, 3.05) is 18.6 Å². The van der Waals surface area contributed by atoms with Gasteiger partial charge in [-0.2, -0.15) is 11.8 Å². The highest BCUT2D eigenvalue weighted by Gasteiger charge is 2.07. The van der Waals surface area contributed by atoms with Crippen LogP contribution in [0.3, 0.4) is 0 Å². The minimum Gasteiger partial charge on any atom is -0.314 e. The normalized spacial score (nSPS) is 12.7. The molecule has 0 aromatic heterocycles. The molecule has 15 heavy (non-hydrogen) atoms. The highest BCUT2D eigenvalue weighted by molar-refractivity contribution is 7.98. The van der Waals surface area contributed by atoms with Crippen molar-refractivity contribution in [3.63, 3.8) is 0 Å². The van der Waals surface area contributed by atoms with E-state index in [1.807, 2.05) is 11.8 Å². The average Bonchev–Trinajstić information content (AvgIpc) is 2.28. The Morgan fingerprint density at radius 3 is 2.60 bits per heavy atom. The van der Waals surface area contributed by atoms with Crippen LogP contribution in [0.2, 0.25) is 0 Å². The highest BCUT2D eigenvalue weighted by atomic mass is 32.2. The largest absolute Gasteiger partial charge is 0.314 e. The number of nitrogens with one attached hydrogen (secondary N) is 1. The highest BCUT2D eigenvalue weighted by Crippen LogP contribution is 2.08. The molecule has 0 saturated carbocycles. The van der Waals surface area contributed by atoms with Gasteiger partial charge in [0.15, 0.2) is 0 Å². The number of hydrogen-bond acceptors (Lipinski definition) is 2. The molecule has 0 bridgehead atoms. The smallest absolute Gasteiger partial charge is 0.0115 e. The van der Waals surface area contributed by atoms with E-state index in [-0.39, 0.29) is 0 Å². The first kappa shape index (κ1) is 12.6. The predicted molar refractivity (Wildman–Crippen MR) is 70.6 cm³/mol. The summed E-state index contributed by atoms with van der Waals surface area (Å²) in [6.45, 7) is 3.24. The van der Waals surface area contributed by atoms with Crippen LogP contribution in [0.5, 0.6) is 0 Å². The molecule has 1 rings (SSSR count). The van der Waals surface area contributed by atoms with E-state index in [0.29, 0.717) is 6.04 Å². The van der Waals surface area contributed by atoms with Crippen LogP contribution in [0.25, 0.3) is 0 Å². The molecule has 0 aliphatic rings. The van der Waals surface area contributed by atoms with Gasteiger partial charge in [-0.3, -0.25) is 0 Å². The first-order chi connectivity index (χ1) is 7.36. The van der Waals surface area contributed by atoms with Crippen LogP contribution in [-0.2, 0) is 6.42 Å². The maximum atomic E-state index is 3.55. The summed E-state index contributed by atoms with van der Waals surface area (Å²) in [6, 6.07) is 11.4. The summed E-state index contributed by atoms with van der Waals surface area (Å²) >= 11 is 1.93. The Morgan fingerprint density at radius 1 is 1.27 bits per heavy atom. The molecule has 0 saturated heterocycles. The summed E-state index contributed by atoms with van der Waals surface area (Å²) in [6.07, 6.45) is 4.57. The summed E-state index contributed by atoms with van der Waals surface area (Å²) in [5.74, 6) is 1.24. The van der Waals surface area contributed by atoms with Crippen molar-refractivity contribution in [3.8, 4) is 0 Å². The second-order valence-electron chi connectivity index (χ2n) is 3.73. The molecule has 1 atom stereocenters. The van der Waals surface area contributed by atoms with Crippen molar-refractivity contribution in [2.24, 2.45) is 0 Å². The quantitative estimate of drug-likeness (QED) is 0.763. The van der Waals surface area contributed by atoms with Gasteiger partial charge in [0.1, 0.15) is 0 Å². The van der Waals surface area contributed by atoms with E-state index in [1.54, 1.807) is 0 Å². The molecule has 0 spiro atoms. The molecular weight excluding hydrogens is 202 g/mol. The molecule has 1 unspecified atom stereocenters.